The molecule has 0 saturated heterocycles. The third-order valence-corrected chi connectivity index (χ3v) is 3.56. The molecular formula is C12H15ClN4OS. The van der Waals surface area contributed by atoms with E-state index in [0.29, 0.717) is 18.3 Å². The van der Waals surface area contributed by atoms with Gasteiger partial charge in [0.15, 0.2) is 5.82 Å². The molecule has 0 radical (unpaired) electrons. The number of primary amides is 1. The van der Waals surface area contributed by atoms with E-state index in [0.717, 1.165) is 10.2 Å². The van der Waals surface area contributed by atoms with Crippen molar-refractivity contribution in [2.24, 2.45) is 11.7 Å². The smallest absolute Gasteiger partial charge is 0.236 e. The summed E-state index contributed by atoms with van der Waals surface area (Å²) in [5.41, 5.74) is 6.10. The van der Waals surface area contributed by atoms with E-state index in [9.17, 15) is 4.79 Å². The van der Waals surface area contributed by atoms with Gasteiger partial charge in [0.25, 0.3) is 0 Å². The second-order valence-corrected chi connectivity index (χ2v) is 5.95. The molecule has 0 fully saturated rings. The van der Waals surface area contributed by atoms with Crippen LogP contribution in [-0.2, 0) is 4.79 Å². The van der Waals surface area contributed by atoms with Crippen molar-refractivity contribution >= 4 is 44.9 Å². The number of aromatic nitrogens is 2. The number of rotatable bonds is 5. The molecule has 102 valence electrons. The lowest BCUT2D eigenvalue weighted by Gasteiger charge is -2.24. The van der Waals surface area contributed by atoms with Crippen molar-refractivity contribution in [2.45, 2.75) is 13.8 Å². The van der Waals surface area contributed by atoms with Crippen LogP contribution in [-0.4, -0.2) is 29.0 Å². The first kappa shape index (κ1) is 14.0. The van der Waals surface area contributed by atoms with Gasteiger partial charge in [0.1, 0.15) is 0 Å². The topological polar surface area (TPSA) is 72.1 Å². The van der Waals surface area contributed by atoms with E-state index in [-0.39, 0.29) is 17.7 Å². The van der Waals surface area contributed by atoms with Gasteiger partial charge < -0.3 is 10.6 Å². The van der Waals surface area contributed by atoms with Gasteiger partial charge in [-0.1, -0.05) is 13.8 Å². The second-order valence-electron chi connectivity index (χ2n) is 4.69. The van der Waals surface area contributed by atoms with Crippen molar-refractivity contribution in [1.29, 1.82) is 0 Å². The lowest BCUT2D eigenvalue weighted by molar-refractivity contribution is -0.116. The molecule has 2 aromatic heterocycles. The van der Waals surface area contributed by atoms with Crippen molar-refractivity contribution in [1.82, 2.24) is 9.97 Å². The Kier molecular flexibility index (Phi) is 4.21. The lowest BCUT2D eigenvalue weighted by atomic mass is 10.2. The van der Waals surface area contributed by atoms with Gasteiger partial charge in [0, 0.05) is 6.54 Å². The zero-order chi connectivity index (χ0) is 14.0. The number of nitrogens with zero attached hydrogens (tertiary/aromatic N) is 3. The number of carbonyl (C=O) groups is 1. The van der Waals surface area contributed by atoms with E-state index in [1.165, 1.54) is 11.3 Å². The van der Waals surface area contributed by atoms with Crippen molar-refractivity contribution in [2.75, 3.05) is 18.0 Å². The van der Waals surface area contributed by atoms with Crippen molar-refractivity contribution < 1.29 is 4.79 Å². The van der Waals surface area contributed by atoms with Crippen LogP contribution in [0.15, 0.2) is 11.4 Å². The first-order valence-electron chi connectivity index (χ1n) is 5.91. The van der Waals surface area contributed by atoms with Gasteiger partial charge in [-0.2, -0.15) is 4.98 Å². The average Bonchev–Trinajstić information content (AvgIpc) is 2.73. The number of fused-ring (bicyclic) bond motifs is 1. The van der Waals surface area contributed by atoms with Gasteiger partial charge in [-0.05, 0) is 29.0 Å². The van der Waals surface area contributed by atoms with Crippen LogP contribution in [0.4, 0.5) is 5.82 Å². The summed E-state index contributed by atoms with van der Waals surface area (Å²) in [6.07, 6.45) is 0. The van der Waals surface area contributed by atoms with Crippen LogP contribution in [0.1, 0.15) is 13.8 Å². The number of hydrogen-bond acceptors (Lipinski definition) is 5. The number of thiophene rings is 1. The van der Waals surface area contributed by atoms with Crippen molar-refractivity contribution in [3.05, 3.63) is 16.7 Å². The van der Waals surface area contributed by atoms with Gasteiger partial charge in [-0.3, -0.25) is 4.79 Å². The second kappa shape index (κ2) is 5.71. The average molecular weight is 299 g/mol. The molecule has 5 nitrogen and oxygen atoms in total. The van der Waals surface area contributed by atoms with Crippen LogP contribution in [0.2, 0.25) is 5.28 Å². The molecule has 2 aromatic rings. The Labute approximate surface area is 120 Å². The fourth-order valence-electron chi connectivity index (χ4n) is 1.89. The number of amides is 1. The van der Waals surface area contributed by atoms with Gasteiger partial charge in [0.05, 0.1) is 16.8 Å². The highest BCUT2D eigenvalue weighted by Gasteiger charge is 2.18. The van der Waals surface area contributed by atoms with Gasteiger partial charge in [0.2, 0.25) is 11.2 Å². The van der Waals surface area contributed by atoms with Crippen molar-refractivity contribution in [3.8, 4) is 0 Å². The Bertz CT molecular complexity index is 598. The summed E-state index contributed by atoms with van der Waals surface area (Å²) in [5, 5.41) is 2.11. The maximum Gasteiger partial charge on any atom is 0.236 e. The first-order valence-corrected chi connectivity index (χ1v) is 7.17. The molecule has 0 unspecified atom stereocenters. The molecule has 7 heteroatoms. The predicted octanol–water partition coefficient (Wildman–Crippen LogP) is 2.29. The molecule has 0 aromatic carbocycles. The fraction of sp³-hybridized carbons (Fsp3) is 0.417. The Morgan fingerprint density at radius 2 is 2.26 bits per heavy atom. The van der Waals surface area contributed by atoms with E-state index in [1.807, 2.05) is 16.3 Å². The van der Waals surface area contributed by atoms with Gasteiger partial charge in [-0.25, -0.2) is 4.98 Å². The third-order valence-electron chi connectivity index (χ3n) is 2.49. The van der Waals surface area contributed by atoms with Crippen LogP contribution in [0.5, 0.6) is 0 Å². The Morgan fingerprint density at radius 1 is 1.53 bits per heavy atom. The van der Waals surface area contributed by atoms with Gasteiger partial charge in [-0.15, -0.1) is 11.3 Å². The molecule has 0 aliphatic rings. The minimum atomic E-state index is -0.389. The summed E-state index contributed by atoms with van der Waals surface area (Å²) in [6, 6.07) is 1.88. The monoisotopic (exact) mass is 298 g/mol. The third kappa shape index (κ3) is 3.33. The molecule has 0 aliphatic carbocycles. The minimum absolute atomic E-state index is 0.124. The summed E-state index contributed by atoms with van der Waals surface area (Å²) in [5.74, 6) is 0.667. The zero-order valence-corrected chi connectivity index (χ0v) is 12.3. The van der Waals surface area contributed by atoms with E-state index in [4.69, 9.17) is 17.3 Å². The predicted molar refractivity (Wildman–Crippen MR) is 78.7 cm³/mol. The summed E-state index contributed by atoms with van der Waals surface area (Å²) >= 11 is 7.47. The number of nitrogens with two attached hydrogens (primary N) is 1. The first-order chi connectivity index (χ1) is 8.97. The molecule has 0 atom stereocenters. The quantitative estimate of drug-likeness (QED) is 0.860. The minimum Gasteiger partial charge on any atom is -0.368 e. The lowest BCUT2D eigenvalue weighted by Crippen LogP contribution is -2.36. The molecule has 0 aliphatic heterocycles. The van der Waals surface area contributed by atoms with Crippen LogP contribution >= 0.6 is 22.9 Å². The SMILES string of the molecule is CC(C)CN(CC(N)=O)c1nc(Cl)nc2ccsc12. The fourth-order valence-corrected chi connectivity index (χ4v) is 2.91. The van der Waals surface area contributed by atoms with Crippen LogP contribution in [0.25, 0.3) is 10.2 Å². The maximum atomic E-state index is 11.2. The zero-order valence-electron chi connectivity index (χ0n) is 10.8. The molecule has 0 saturated carbocycles. The van der Waals surface area contributed by atoms with E-state index < -0.39 is 0 Å². The molecular weight excluding hydrogens is 284 g/mol. The Balaban J connectivity index is 2.47. The van der Waals surface area contributed by atoms with Crippen molar-refractivity contribution in [3.63, 3.8) is 0 Å². The van der Waals surface area contributed by atoms with Crippen LogP contribution < -0.4 is 10.6 Å². The molecule has 0 bridgehead atoms. The number of anilines is 1. The normalized spacial score (nSPS) is 11.2. The van der Waals surface area contributed by atoms with Gasteiger partial charge >= 0.3 is 0 Å². The Hall–Kier alpha value is -1.40. The highest BCUT2D eigenvalue weighted by molar-refractivity contribution is 7.17. The van der Waals surface area contributed by atoms with E-state index >= 15 is 0 Å². The molecule has 19 heavy (non-hydrogen) atoms. The molecule has 2 heterocycles. The van der Waals surface area contributed by atoms with Crippen LogP contribution in [0.3, 0.4) is 0 Å². The molecule has 0 spiro atoms. The number of carbonyl (C=O) groups excluding carboxylic acids is 1. The molecule has 1 amide bonds. The largest absolute Gasteiger partial charge is 0.368 e. The Morgan fingerprint density at radius 3 is 2.89 bits per heavy atom. The van der Waals surface area contributed by atoms with E-state index in [2.05, 4.69) is 23.8 Å². The summed E-state index contributed by atoms with van der Waals surface area (Å²) in [6.45, 7) is 4.95. The highest BCUT2D eigenvalue weighted by Crippen LogP contribution is 2.30. The molecule has 2 N–H and O–H groups in total. The summed E-state index contributed by atoms with van der Waals surface area (Å²) < 4.78 is 0.923. The maximum absolute atomic E-state index is 11.2. The number of halogens is 1. The standard InChI is InChI=1S/C12H15ClN4OS/c1-7(2)5-17(6-9(14)18)11-10-8(3-4-19-10)15-12(13)16-11/h3-4,7H,5-6H2,1-2H3,(H2,14,18). The number of hydrogen-bond donors (Lipinski definition) is 1. The van der Waals surface area contributed by atoms with E-state index in [1.54, 1.807) is 0 Å². The molecule has 2 rings (SSSR count). The summed E-state index contributed by atoms with van der Waals surface area (Å²) in [7, 11) is 0. The summed E-state index contributed by atoms with van der Waals surface area (Å²) in [4.78, 5) is 21.5. The highest BCUT2D eigenvalue weighted by atomic mass is 35.5. The van der Waals surface area contributed by atoms with Crippen LogP contribution in [0, 0.1) is 5.92 Å².